The van der Waals surface area contributed by atoms with Crippen molar-refractivity contribution in [2.24, 2.45) is 0 Å². The Kier molecular flexibility index (Phi) is 2.72. The van der Waals surface area contributed by atoms with Crippen molar-refractivity contribution in [2.75, 3.05) is 30.4 Å². The Bertz CT molecular complexity index is 433. The van der Waals surface area contributed by atoms with Gasteiger partial charge in [0.05, 0.1) is 13.7 Å². The highest BCUT2D eigenvalue weighted by molar-refractivity contribution is 6.01. The zero-order chi connectivity index (χ0) is 11.5. The SMILES string of the molecule is C=CCN1CC(=O)Nc2c(OC)ncnc21. The van der Waals surface area contributed by atoms with E-state index in [1.165, 1.54) is 13.4 Å². The second-order valence-corrected chi connectivity index (χ2v) is 3.30. The van der Waals surface area contributed by atoms with Crippen LogP contribution in [0.1, 0.15) is 0 Å². The molecule has 0 bridgehead atoms. The Balaban J connectivity index is 2.46. The molecular formula is C10H12N4O2. The van der Waals surface area contributed by atoms with Crippen LogP contribution < -0.4 is 15.0 Å². The molecule has 1 aliphatic rings. The first-order valence-corrected chi connectivity index (χ1v) is 4.81. The molecule has 0 spiro atoms. The highest BCUT2D eigenvalue weighted by Crippen LogP contribution is 2.33. The van der Waals surface area contributed by atoms with Gasteiger partial charge >= 0.3 is 0 Å². The fraction of sp³-hybridized carbons (Fsp3) is 0.300. The number of nitrogens with one attached hydrogen (secondary N) is 1. The smallest absolute Gasteiger partial charge is 0.244 e. The molecule has 1 aromatic rings. The molecular weight excluding hydrogens is 208 g/mol. The van der Waals surface area contributed by atoms with Gasteiger partial charge in [-0.3, -0.25) is 4.79 Å². The molecule has 1 amide bonds. The fourth-order valence-electron chi connectivity index (χ4n) is 1.60. The standard InChI is InChI=1S/C10H12N4O2/c1-3-4-14-5-7(15)13-8-9(14)11-6-12-10(8)16-2/h3,6H,1,4-5H2,2H3,(H,13,15). The van der Waals surface area contributed by atoms with Crippen molar-refractivity contribution in [1.29, 1.82) is 0 Å². The first-order chi connectivity index (χ1) is 7.76. The Morgan fingerprint density at radius 1 is 1.69 bits per heavy atom. The number of carbonyl (C=O) groups is 1. The van der Waals surface area contributed by atoms with Crippen LogP contribution in [0.5, 0.6) is 5.88 Å². The first-order valence-electron chi connectivity index (χ1n) is 4.81. The quantitative estimate of drug-likeness (QED) is 0.748. The maximum Gasteiger partial charge on any atom is 0.244 e. The molecule has 0 saturated carbocycles. The van der Waals surface area contributed by atoms with Gasteiger partial charge in [0.25, 0.3) is 0 Å². The van der Waals surface area contributed by atoms with Gasteiger partial charge in [0, 0.05) is 6.54 Å². The van der Waals surface area contributed by atoms with Gasteiger partial charge in [0.1, 0.15) is 12.0 Å². The monoisotopic (exact) mass is 220 g/mol. The second-order valence-electron chi connectivity index (χ2n) is 3.30. The minimum Gasteiger partial charge on any atom is -0.479 e. The van der Waals surface area contributed by atoms with Crippen LogP contribution in [-0.2, 0) is 4.79 Å². The van der Waals surface area contributed by atoms with Crippen molar-refractivity contribution in [3.63, 3.8) is 0 Å². The largest absolute Gasteiger partial charge is 0.479 e. The summed E-state index contributed by atoms with van der Waals surface area (Å²) in [5, 5.41) is 2.70. The van der Waals surface area contributed by atoms with Crippen molar-refractivity contribution < 1.29 is 9.53 Å². The number of hydrogen-bond donors (Lipinski definition) is 1. The molecule has 1 aromatic heterocycles. The summed E-state index contributed by atoms with van der Waals surface area (Å²) < 4.78 is 5.07. The van der Waals surface area contributed by atoms with E-state index < -0.39 is 0 Å². The summed E-state index contributed by atoms with van der Waals surface area (Å²) in [5.41, 5.74) is 0.517. The Hall–Kier alpha value is -2.11. The predicted octanol–water partition coefficient (Wildman–Crippen LogP) is 0.430. The highest BCUT2D eigenvalue weighted by Gasteiger charge is 2.25. The van der Waals surface area contributed by atoms with E-state index >= 15 is 0 Å². The number of anilines is 2. The summed E-state index contributed by atoms with van der Waals surface area (Å²) in [5.74, 6) is 0.918. The van der Waals surface area contributed by atoms with Crippen LogP contribution in [0.25, 0.3) is 0 Å². The number of amides is 1. The van der Waals surface area contributed by atoms with Gasteiger partial charge < -0.3 is 15.0 Å². The summed E-state index contributed by atoms with van der Waals surface area (Å²) in [7, 11) is 1.50. The normalized spacial score (nSPS) is 14.1. The van der Waals surface area contributed by atoms with Gasteiger partial charge in [-0.15, -0.1) is 6.58 Å². The highest BCUT2D eigenvalue weighted by atomic mass is 16.5. The third-order valence-electron chi connectivity index (χ3n) is 2.23. The number of carbonyl (C=O) groups excluding carboxylic acids is 1. The molecule has 6 nitrogen and oxygen atoms in total. The van der Waals surface area contributed by atoms with Crippen LogP contribution in [-0.4, -0.2) is 36.1 Å². The third-order valence-corrected chi connectivity index (χ3v) is 2.23. The zero-order valence-electron chi connectivity index (χ0n) is 8.93. The van der Waals surface area contributed by atoms with Crippen molar-refractivity contribution in [2.45, 2.75) is 0 Å². The minimum absolute atomic E-state index is 0.109. The average molecular weight is 220 g/mol. The molecule has 6 heteroatoms. The van der Waals surface area contributed by atoms with Crippen molar-refractivity contribution in [3.05, 3.63) is 19.0 Å². The molecule has 84 valence electrons. The third kappa shape index (κ3) is 1.69. The minimum atomic E-state index is -0.109. The molecule has 0 unspecified atom stereocenters. The molecule has 0 saturated heterocycles. The number of methoxy groups -OCH3 is 1. The van der Waals surface area contributed by atoms with Crippen LogP contribution in [0.4, 0.5) is 11.5 Å². The van der Waals surface area contributed by atoms with Crippen LogP contribution in [0.15, 0.2) is 19.0 Å². The summed E-state index contributed by atoms with van der Waals surface area (Å²) in [6.07, 6.45) is 3.13. The molecule has 2 heterocycles. The van der Waals surface area contributed by atoms with Crippen LogP contribution in [0, 0.1) is 0 Å². The Morgan fingerprint density at radius 3 is 3.19 bits per heavy atom. The molecule has 0 aliphatic carbocycles. The van der Waals surface area contributed by atoms with E-state index in [4.69, 9.17) is 4.74 Å². The van der Waals surface area contributed by atoms with E-state index in [-0.39, 0.29) is 12.5 Å². The number of hydrogen-bond acceptors (Lipinski definition) is 5. The Labute approximate surface area is 92.9 Å². The molecule has 16 heavy (non-hydrogen) atoms. The van der Waals surface area contributed by atoms with Crippen molar-refractivity contribution in [3.8, 4) is 5.88 Å². The van der Waals surface area contributed by atoms with E-state index in [1.807, 2.05) is 4.90 Å². The lowest BCUT2D eigenvalue weighted by molar-refractivity contribution is -0.115. The summed E-state index contributed by atoms with van der Waals surface area (Å²) in [6.45, 7) is 4.47. The van der Waals surface area contributed by atoms with Gasteiger partial charge in [-0.05, 0) is 0 Å². The molecule has 2 rings (SSSR count). The van der Waals surface area contributed by atoms with E-state index in [9.17, 15) is 4.79 Å². The van der Waals surface area contributed by atoms with Gasteiger partial charge in [-0.2, -0.15) is 4.98 Å². The maximum absolute atomic E-state index is 11.5. The second kappa shape index (κ2) is 4.18. The number of nitrogens with zero attached hydrogens (tertiary/aromatic N) is 3. The summed E-state index contributed by atoms with van der Waals surface area (Å²) in [6, 6.07) is 0. The zero-order valence-corrected chi connectivity index (χ0v) is 8.93. The van der Waals surface area contributed by atoms with Crippen LogP contribution >= 0.6 is 0 Å². The number of rotatable bonds is 3. The predicted molar refractivity (Wildman–Crippen MR) is 59.6 cm³/mol. The van der Waals surface area contributed by atoms with Crippen molar-refractivity contribution >= 4 is 17.4 Å². The van der Waals surface area contributed by atoms with Crippen molar-refractivity contribution in [1.82, 2.24) is 9.97 Å². The maximum atomic E-state index is 11.5. The molecule has 0 radical (unpaired) electrons. The van der Waals surface area contributed by atoms with Crippen LogP contribution in [0.2, 0.25) is 0 Å². The molecule has 0 fully saturated rings. The fourth-order valence-corrected chi connectivity index (χ4v) is 1.60. The summed E-state index contributed by atoms with van der Waals surface area (Å²) >= 11 is 0. The van der Waals surface area contributed by atoms with E-state index in [0.717, 1.165) is 0 Å². The van der Waals surface area contributed by atoms with E-state index in [0.29, 0.717) is 23.9 Å². The van der Waals surface area contributed by atoms with E-state index in [1.54, 1.807) is 6.08 Å². The topological polar surface area (TPSA) is 67.4 Å². The average Bonchev–Trinajstić information content (AvgIpc) is 2.28. The number of fused-ring (bicyclic) bond motifs is 1. The molecule has 0 aromatic carbocycles. The number of aromatic nitrogens is 2. The molecule has 0 atom stereocenters. The van der Waals surface area contributed by atoms with Gasteiger partial charge in [-0.25, -0.2) is 4.98 Å². The number of ether oxygens (including phenoxy) is 1. The van der Waals surface area contributed by atoms with Gasteiger partial charge in [0.2, 0.25) is 11.8 Å². The molecule has 1 N–H and O–H groups in total. The lowest BCUT2D eigenvalue weighted by atomic mass is 10.3. The van der Waals surface area contributed by atoms with Gasteiger partial charge in [-0.1, -0.05) is 6.08 Å². The summed E-state index contributed by atoms with van der Waals surface area (Å²) in [4.78, 5) is 21.4. The molecule has 1 aliphatic heterocycles. The lowest BCUT2D eigenvalue weighted by Gasteiger charge is -2.28. The lowest BCUT2D eigenvalue weighted by Crippen LogP contribution is -2.39. The van der Waals surface area contributed by atoms with E-state index in [2.05, 4.69) is 21.9 Å². The van der Waals surface area contributed by atoms with Crippen LogP contribution in [0.3, 0.4) is 0 Å². The Morgan fingerprint density at radius 2 is 2.50 bits per heavy atom. The first kappa shape index (κ1) is 10.4. The van der Waals surface area contributed by atoms with Gasteiger partial charge in [0.15, 0.2) is 5.82 Å².